The highest BCUT2D eigenvalue weighted by molar-refractivity contribution is 7.89. The summed E-state index contributed by atoms with van der Waals surface area (Å²) in [7, 11) is 0.337. The van der Waals surface area contributed by atoms with Crippen molar-refractivity contribution >= 4 is 27.3 Å². The van der Waals surface area contributed by atoms with Gasteiger partial charge < -0.3 is 9.47 Å². The molecule has 2 aromatic carbocycles. The predicted molar refractivity (Wildman–Crippen MR) is 96.3 cm³/mol. The number of non-ortho nitro benzene ring substituents is 1. The summed E-state index contributed by atoms with van der Waals surface area (Å²) < 4.78 is 36.9. The lowest BCUT2D eigenvalue weighted by molar-refractivity contribution is -0.384. The van der Waals surface area contributed by atoms with Gasteiger partial charge in [-0.3, -0.25) is 10.1 Å². The first-order valence-corrected chi connectivity index (χ1v) is 9.13. The molecule has 0 bridgehead atoms. The molecule has 0 aliphatic heterocycles. The molecular weight excluding hydrogens is 384 g/mol. The average molecular weight is 401 g/mol. The fourth-order valence-corrected chi connectivity index (χ4v) is 3.62. The smallest absolute Gasteiger partial charge is 0.269 e. The van der Waals surface area contributed by atoms with Crippen LogP contribution in [-0.4, -0.2) is 38.9 Å². The SMILES string of the molecule is COc1ccc(S(=O)(=O)N(C)Cc2cc([N+](=O)[O-])ccc2Cl)cc1OC. The summed E-state index contributed by atoms with van der Waals surface area (Å²) in [5, 5.41) is 11.1. The van der Waals surface area contributed by atoms with Gasteiger partial charge in [0.1, 0.15) is 0 Å². The van der Waals surface area contributed by atoms with Crippen molar-refractivity contribution in [2.75, 3.05) is 21.3 Å². The van der Waals surface area contributed by atoms with Crippen LogP contribution in [0.1, 0.15) is 5.56 Å². The van der Waals surface area contributed by atoms with E-state index < -0.39 is 14.9 Å². The van der Waals surface area contributed by atoms with Gasteiger partial charge in [-0.1, -0.05) is 11.6 Å². The molecule has 0 aliphatic rings. The molecule has 0 unspecified atom stereocenters. The van der Waals surface area contributed by atoms with Crippen LogP contribution in [0.15, 0.2) is 41.3 Å². The number of hydrogen-bond donors (Lipinski definition) is 0. The minimum Gasteiger partial charge on any atom is -0.493 e. The summed E-state index contributed by atoms with van der Waals surface area (Å²) in [6, 6.07) is 8.10. The third kappa shape index (κ3) is 4.06. The summed E-state index contributed by atoms with van der Waals surface area (Å²) in [6.45, 7) is -0.128. The van der Waals surface area contributed by atoms with Crippen molar-refractivity contribution in [3.8, 4) is 11.5 Å². The van der Waals surface area contributed by atoms with Gasteiger partial charge in [-0.2, -0.15) is 4.31 Å². The minimum absolute atomic E-state index is 0.000738. The lowest BCUT2D eigenvalue weighted by Gasteiger charge is -2.19. The molecule has 10 heteroatoms. The molecular formula is C16H17ClN2O6S. The maximum atomic E-state index is 12.8. The van der Waals surface area contributed by atoms with Crippen molar-refractivity contribution in [2.24, 2.45) is 0 Å². The Hall–Kier alpha value is -2.36. The number of rotatable bonds is 7. The van der Waals surface area contributed by atoms with Crippen molar-refractivity contribution in [3.63, 3.8) is 0 Å². The third-order valence-electron chi connectivity index (χ3n) is 3.70. The zero-order valence-electron chi connectivity index (χ0n) is 14.3. The highest BCUT2D eigenvalue weighted by Crippen LogP contribution is 2.31. The van der Waals surface area contributed by atoms with E-state index in [0.717, 1.165) is 4.31 Å². The molecule has 2 rings (SSSR count). The van der Waals surface area contributed by atoms with Crippen LogP contribution >= 0.6 is 11.6 Å². The van der Waals surface area contributed by atoms with Gasteiger partial charge >= 0.3 is 0 Å². The Bertz CT molecular complexity index is 932. The van der Waals surface area contributed by atoms with E-state index in [1.807, 2.05) is 0 Å². The van der Waals surface area contributed by atoms with E-state index in [-0.39, 0.29) is 27.9 Å². The molecule has 0 saturated heterocycles. The lowest BCUT2D eigenvalue weighted by atomic mass is 10.2. The second-order valence-corrected chi connectivity index (χ2v) is 7.76. The van der Waals surface area contributed by atoms with Crippen LogP contribution in [0.25, 0.3) is 0 Å². The van der Waals surface area contributed by atoms with E-state index in [4.69, 9.17) is 21.1 Å². The number of sulfonamides is 1. The summed E-state index contributed by atoms with van der Waals surface area (Å²) in [5.41, 5.74) is 0.161. The molecule has 0 aliphatic carbocycles. The maximum Gasteiger partial charge on any atom is 0.269 e. The summed E-state index contributed by atoms with van der Waals surface area (Å²) >= 11 is 6.05. The van der Waals surface area contributed by atoms with Gasteiger partial charge in [-0.15, -0.1) is 0 Å². The average Bonchev–Trinajstić information content (AvgIpc) is 2.62. The fourth-order valence-electron chi connectivity index (χ4n) is 2.28. The number of benzene rings is 2. The normalized spacial score (nSPS) is 11.4. The van der Waals surface area contributed by atoms with E-state index in [1.165, 1.54) is 57.7 Å². The van der Waals surface area contributed by atoms with Gasteiger partial charge in [0.25, 0.3) is 5.69 Å². The first kappa shape index (κ1) is 20.0. The molecule has 0 radical (unpaired) electrons. The molecule has 0 saturated carbocycles. The van der Waals surface area contributed by atoms with Gasteiger partial charge in [0.15, 0.2) is 11.5 Å². The quantitative estimate of drug-likeness (QED) is 0.523. The number of methoxy groups -OCH3 is 2. The molecule has 0 heterocycles. The van der Waals surface area contributed by atoms with Crippen LogP contribution in [0.2, 0.25) is 5.02 Å². The van der Waals surface area contributed by atoms with Gasteiger partial charge in [-0.05, 0) is 23.8 Å². The number of nitro benzene ring substituents is 1. The number of ether oxygens (including phenoxy) is 2. The first-order valence-electron chi connectivity index (χ1n) is 7.32. The standard InChI is InChI=1S/C16H17ClN2O6S/c1-18(10-11-8-12(19(20)21)4-6-14(11)17)26(22,23)13-5-7-15(24-2)16(9-13)25-3/h4-9H,10H2,1-3H3. The van der Waals surface area contributed by atoms with Gasteiger partial charge in [0.05, 0.1) is 24.0 Å². The first-order chi connectivity index (χ1) is 12.2. The Morgan fingerprint density at radius 3 is 2.35 bits per heavy atom. The van der Waals surface area contributed by atoms with Gasteiger partial charge in [0.2, 0.25) is 10.0 Å². The molecule has 0 N–H and O–H groups in total. The van der Waals surface area contributed by atoms with Crippen molar-refractivity contribution in [1.29, 1.82) is 0 Å². The van der Waals surface area contributed by atoms with E-state index >= 15 is 0 Å². The minimum atomic E-state index is -3.88. The molecule has 0 atom stereocenters. The van der Waals surface area contributed by atoms with Crippen molar-refractivity contribution in [2.45, 2.75) is 11.4 Å². The van der Waals surface area contributed by atoms with Crippen molar-refractivity contribution in [1.82, 2.24) is 4.31 Å². The Kier molecular flexibility index (Phi) is 6.06. The van der Waals surface area contributed by atoms with Crippen LogP contribution < -0.4 is 9.47 Å². The molecule has 2 aromatic rings. The number of hydrogen-bond acceptors (Lipinski definition) is 6. The third-order valence-corrected chi connectivity index (χ3v) is 5.86. The molecule has 26 heavy (non-hydrogen) atoms. The Morgan fingerprint density at radius 2 is 1.77 bits per heavy atom. The molecule has 0 spiro atoms. The number of halogens is 1. The second-order valence-electron chi connectivity index (χ2n) is 5.31. The second kappa shape index (κ2) is 7.90. The van der Waals surface area contributed by atoms with E-state index in [0.29, 0.717) is 11.3 Å². The van der Waals surface area contributed by atoms with Crippen LogP contribution in [-0.2, 0) is 16.6 Å². The highest BCUT2D eigenvalue weighted by Gasteiger charge is 2.24. The summed E-state index contributed by atoms with van der Waals surface area (Å²) in [6.07, 6.45) is 0. The Labute approximate surface area is 156 Å². The van der Waals surface area contributed by atoms with E-state index in [9.17, 15) is 18.5 Å². The zero-order valence-corrected chi connectivity index (χ0v) is 15.9. The van der Waals surface area contributed by atoms with Crippen molar-refractivity contribution < 1.29 is 22.8 Å². The lowest BCUT2D eigenvalue weighted by Crippen LogP contribution is -2.26. The molecule has 0 fully saturated rings. The number of nitro groups is 1. The van der Waals surface area contributed by atoms with Crippen LogP contribution in [0.5, 0.6) is 11.5 Å². The molecule has 0 amide bonds. The summed E-state index contributed by atoms with van der Waals surface area (Å²) in [4.78, 5) is 10.3. The van der Waals surface area contributed by atoms with Gasteiger partial charge in [-0.25, -0.2) is 8.42 Å². The molecule has 8 nitrogen and oxygen atoms in total. The highest BCUT2D eigenvalue weighted by atomic mass is 35.5. The number of nitrogens with zero attached hydrogens (tertiary/aromatic N) is 2. The fraction of sp³-hybridized carbons (Fsp3) is 0.250. The van der Waals surface area contributed by atoms with Crippen molar-refractivity contribution in [3.05, 3.63) is 57.1 Å². The predicted octanol–water partition coefficient (Wildman–Crippen LogP) is 3.09. The molecule has 0 aromatic heterocycles. The molecule has 140 valence electrons. The zero-order chi connectivity index (χ0) is 19.5. The monoisotopic (exact) mass is 400 g/mol. The van der Waals surface area contributed by atoms with E-state index in [1.54, 1.807) is 0 Å². The largest absolute Gasteiger partial charge is 0.493 e. The Balaban J connectivity index is 2.35. The van der Waals surface area contributed by atoms with E-state index in [2.05, 4.69) is 0 Å². The summed E-state index contributed by atoms with van der Waals surface area (Å²) in [5.74, 6) is 0.672. The topological polar surface area (TPSA) is 99.0 Å². The van der Waals surface area contributed by atoms with Crippen LogP contribution in [0.3, 0.4) is 0 Å². The van der Waals surface area contributed by atoms with Crippen LogP contribution in [0, 0.1) is 10.1 Å². The van der Waals surface area contributed by atoms with Gasteiger partial charge in [0, 0.05) is 36.8 Å². The van der Waals surface area contributed by atoms with Crippen LogP contribution in [0.4, 0.5) is 5.69 Å². The Morgan fingerprint density at radius 1 is 1.12 bits per heavy atom. The maximum absolute atomic E-state index is 12.8.